The number of rotatable bonds is 5. The number of benzene rings is 1. The Hall–Kier alpha value is -0.290. The lowest BCUT2D eigenvalue weighted by Crippen LogP contribution is -2.24. The van der Waals surface area contributed by atoms with E-state index in [1.165, 1.54) is 12.1 Å². The average Bonchev–Trinajstić information content (AvgIpc) is 2.27. The Kier molecular flexibility index (Phi) is 5.05. The summed E-state index contributed by atoms with van der Waals surface area (Å²) in [5.41, 5.74) is 0.614. The molecule has 0 unspecified atom stereocenters. The van der Waals surface area contributed by atoms with Gasteiger partial charge in [-0.1, -0.05) is 18.5 Å². The molecule has 0 aromatic heterocycles. The Morgan fingerprint density at radius 2 is 2.06 bits per heavy atom. The number of hydrogen-bond donors (Lipinski definition) is 1. The normalized spacial score (nSPS) is 11.7. The van der Waals surface area contributed by atoms with E-state index in [1.54, 1.807) is 6.07 Å². The number of sulfonamides is 1. The van der Waals surface area contributed by atoms with E-state index >= 15 is 0 Å². The van der Waals surface area contributed by atoms with E-state index in [-0.39, 0.29) is 10.8 Å². The van der Waals surface area contributed by atoms with Crippen molar-refractivity contribution in [3.8, 4) is 0 Å². The van der Waals surface area contributed by atoms with E-state index in [0.717, 1.165) is 6.42 Å². The van der Waals surface area contributed by atoms with Crippen LogP contribution < -0.4 is 4.72 Å². The largest absolute Gasteiger partial charge is 0.240 e. The monoisotopic (exact) mass is 281 g/mol. The zero-order valence-electron chi connectivity index (χ0n) is 8.83. The molecule has 3 nitrogen and oxygen atoms in total. The van der Waals surface area contributed by atoms with Crippen LogP contribution in [0.15, 0.2) is 23.1 Å². The SMILES string of the molecule is CCCNS(=O)(=O)c1ccc(Cl)c(CCl)c1. The molecule has 0 bridgehead atoms. The van der Waals surface area contributed by atoms with E-state index in [4.69, 9.17) is 23.2 Å². The lowest BCUT2D eigenvalue weighted by molar-refractivity contribution is 0.580. The molecule has 0 aliphatic rings. The second-order valence-corrected chi connectivity index (χ2v) is 5.73. The van der Waals surface area contributed by atoms with E-state index in [2.05, 4.69) is 4.72 Å². The third kappa shape index (κ3) is 3.35. The quantitative estimate of drug-likeness (QED) is 0.844. The van der Waals surface area contributed by atoms with Crippen molar-refractivity contribution in [2.45, 2.75) is 24.1 Å². The predicted octanol–water partition coefficient (Wildman–Crippen LogP) is 2.77. The second kappa shape index (κ2) is 5.87. The fraction of sp³-hybridized carbons (Fsp3) is 0.400. The molecule has 0 aliphatic heterocycles. The highest BCUT2D eigenvalue weighted by atomic mass is 35.5. The Morgan fingerprint density at radius 1 is 1.38 bits per heavy atom. The Balaban J connectivity index is 3.04. The van der Waals surface area contributed by atoms with Gasteiger partial charge in [0, 0.05) is 17.4 Å². The highest BCUT2D eigenvalue weighted by Crippen LogP contribution is 2.21. The third-order valence-corrected chi connectivity index (χ3v) is 4.13. The van der Waals surface area contributed by atoms with Crippen molar-refractivity contribution in [3.05, 3.63) is 28.8 Å². The number of halogens is 2. The maximum Gasteiger partial charge on any atom is 0.240 e. The van der Waals surface area contributed by atoms with Crippen molar-refractivity contribution >= 4 is 33.2 Å². The zero-order chi connectivity index (χ0) is 12.2. The van der Waals surface area contributed by atoms with Crippen molar-refractivity contribution in [1.82, 2.24) is 4.72 Å². The van der Waals surface area contributed by atoms with Crippen molar-refractivity contribution in [3.63, 3.8) is 0 Å². The first-order valence-corrected chi connectivity index (χ1v) is 7.25. The molecule has 1 aromatic rings. The van der Waals surface area contributed by atoms with Gasteiger partial charge in [-0.05, 0) is 30.2 Å². The molecule has 0 saturated carbocycles. The Morgan fingerprint density at radius 3 is 2.62 bits per heavy atom. The van der Waals surface area contributed by atoms with Gasteiger partial charge in [0.25, 0.3) is 0 Å². The van der Waals surface area contributed by atoms with E-state index in [0.29, 0.717) is 17.1 Å². The van der Waals surface area contributed by atoms with Gasteiger partial charge in [-0.2, -0.15) is 0 Å². The van der Waals surface area contributed by atoms with Crippen LogP contribution in [0, 0.1) is 0 Å². The molecule has 0 atom stereocenters. The van der Waals surface area contributed by atoms with Crippen molar-refractivity contribution < 1.29 is 8.42 Å². The van der Waals surface area contributed by atoms with Gasteiger partial charge in [-0.25, -0.2) is 13.1 Å². The maximum absolute atomic E-state index is 11.8. The van der Waals surface area contributed by atoms with Gasteiger partial charge in [-0.15, -0.1) is 11.6 Å². The number of hydrogen-bond acceptors (Lipinski definition) is 2. The number of alkyl halides is 1. The minimum Gasteiger partial charge on any atom is -0.211 e. The van der Waals surface area contributed by atoms with Crippen LogP contribution in [0.2, 0.25) is 5.02 Å². The van der Waals surface area contributed by atoms with Gasteiger partial charge >= 0.3 is 0 Å². The summed E-state index contributed by atoms with van der Waals surface area (Å²) in [7, 11) is -3.44. The van der Waals surface area contributed by atoms with Gasteiger partial charge < -0.3 is 0 Å². The zero-order valence-corrected chi connectivity index (χ0v) is 11.2. The molecule has 0 fully saturated rings. The molecular weight excluding hydrogens is 269 g/mol. The van der Waals surface area contributed by atoms with Gasteiger partial charge in [0.2, 0.25) is 10.0 Å². The lowest BCUT2D eigenvalue weighted by atomic mass is 10.2. The first-order valence-electron chi connectivity index (χ1n) is 4.85. The summed E-state index contributed by atoms with van der Waals surface area (Å²) in [6.07, 6.45) is 0.745. The Labute approximate surface area is 106 Å². The summed E-state index contributed by atoms with van der Waals surface area (Å²) >= 11 is 11.5. The summed E-state index contributed by atoms with van der Waals surface area (Å²) in [4.78, 5) is 0.195. The highest BCUT2D eigenvalue weighted by Gasteiger charge is 2.14. The molecule has 16 heavy (non-hydrogen) atoms. The van der Waals surface area contributed by atoms with Crippen LogP contribution in [0.3, 0.4) is 0 Å². The van der Waals surface area contributed by atoms with Crippen LogP contribution in [0.25, 0.3) is 0 Å². The minimum absolute atomic E-state index is 0.190. The molecule has 0 spiro atoms. The molecule has 90 valence electrons. The van der Waals surface area contributed by atoms with Gasteiger partial charge in [0.15, 0.2) is 0 Å². The smallest absolute Gasteiger partial charge is 0.211 e. The van der Waals surface area contributed by atoms with E-state index in [1.807, 2.05) is 6.92 Å². The molecule has 1 aromatic carbocycles. The van der Waals surface area contributed by atoms with Crippen LogP contribution in [-0.2, 0) is 15.9 Å². The van der Waals surface area contributed by atoms with Gasteiger partial charge in [-0.3, -0.25) is 0 Å². The minimum atomic E-state index is -3.44. The average molecular weight is 282 g/mol. The lowest BCUT2D eigenvalue weighted by Gasteiger charge is -2.07. The van der Waals surface area contributed by atoms with Crippen LogP contribution >= 0.6 is 23.2 Å². The Bertz CT molecular complexity index is 460. The topological polar surface area (TPSA) is 46.2 Å². The molecule has 1 rings (SSSR count). The van der Waals surface area contributed by atoms with Crippen LogP contribution in [0.4, 0.5) is 0 Å². The molecule has 0 aliphatic carbocycles. The molecular formula is C10H13Cl2NO2S. The molecule has 6 heteroatoms. The molecule has 0 amide bonds. The van der Waals surface area contributed by atoms with E-state index in [9.17, 15) is 8.42 Å². The van der Waals surface area contributed by atoms with Crippen molar-refractivity contribution in [2.75, 3.05) is 6.54 Å². The van der Waals surface area contributed by atoms with Crippen LogP contribution in [-0.4, -0.2) is 15.0 Å². The summed E-state index contributed by atoms with van der Waals surface area (Å²) < 4.78 is 26.0. The van der Waals surface area contributed by atoms with Crippen molar-refractivity contribution in [1.29, 1.82) is 0 Å². The van der Waals surface area contributed by atoms with Gasteiger partial charge in [0.05, 0.1) is 4.90 Å². The first kappa shape index (κ1) is 13.8. The summed E-state index contributed by atoms with van der Waals surface area (Å²) in [6, 6.07) is 4.50. The maximum atomic E-state index is 11.8. The molecule has 0 heterocycles. The molecule has 0 radical (unpaired) electrons. The fourth-order valence-electron chi connectivity index (χ4n) is 1.14. The standard InChI is InChI=1S/C10H13Cl2NO2S/c1-2-5-13-16(14,15)9-3-4-10(12)8(6-9)7-11/h3-4,6,13H,2,5,7H2,1H3. The fourth-order valence-corrected chi connectivity index (χ4v) is 2.80. The second-order valence-electron chi connectivity index (χ2n) is 3.28. The third-order valence-electron chi connectivity index (χ3n) is 2.01. The summed E-state index contributed by atoms with van der Waals surface area (Å²) in [5, 5.41) is 0.476. The predicted molar refractivity (Wildman–Crippen MR) is 66.5 cm³/mol. The first-order chi connectivity index (χ1) is 7.51. The van der Waals surface area contributed by atoms with Crippen molar-refractivity contribution in [2.24, 2.45) is 0 Å². The summed E-state index contributed by atoms with van der Waals surface area (Å²) in [5.74, 6) is 0.190. The van der Waals surface area contributed by atoms with Crippen LogP contribution in [0.1, 0.15) is 18.9 Å². The molecule has 1 N–H and O–H groups in total. The molecule has 0 saturated heterocycles. The van der Waals surface area contributed by atoms with E-state index < -0.39 is 10.0 Å². The highest BCUT2D eigenvalue weighted by molar-refractivity contribution is 7.89. The van der Waals surface area contributed by atoms with Crippen LogP contribution in [0.5, 0.6) is 0 Å². The number of nitrogens with one attached hydrogen (secondary N) is 1. The summed E-state index contributed by atoms with van der Waals surface area (Å²) in [6.45, 7) is 2.32. The van der Waals surface area contributed by atoms with Gasteiger partial charge in [0.1, 0.15) is 0 Å².